The van der Waals surface area contributed by atoms with Crippen LogP contribution in [0.1, 0.15) is 42.3 Å². The highest BCUT2D eigenvalue weighted by molar-refractivity contribution is 5.95. The summed E-state index contributed by atoms with van der Waals surface area (Å²) in [6.07, 6.45) is 0. The van der Waals surface area contributed by atoms with E-state index in [9.17, 15) is 10.1 Å². The highest BCUT2D eigenvalue weighted by Gasteiger charge is 2.24. The van der Waals surface area contributed by atoms with Gasteiger partial charge in [0.15, 0.2) is 17.3 Å². The van der Waals surface area contributed by atoms with Crippen molar-refractivity contribution < 1.29 is 14.3 Å². The number of Topliss-reactive ketones (excluding diaryl/α,β-unsaturated/α-hetero) is 1. The van der Waals surface area contributed by atoms with Gasteiger partial charge in [-0.2, -0.15) is 5.26 Å². The van der Waals surface area contributed by atoms with Crippen molar-refractivity contribution in [2.75, 3.05) is 18.7 Å². The van der Waals surface area contributed by atoms with E-state index in [0.717, 1.165) is 17.1 Å². The van der Waals surface area contributed by atoms with Gasteiger partial charge in [-0.3, -0.25) is 4.79 Å². The SMILES string of the molecule is CC(=O)c1ccc(C#N)c(NCC(C)(C)c2ccc3c(c2)OCO3)c1. The number of fused-ring (bicyclic) bond motifs is 1. The van der Waals surface area contributed by atoms with Gasteiger partial charge in [-0.25, -0.2) is 0 Å². The van der Waals surface area contributed by atoms with Gasteiger partial charge in [0.2, 0.25) is 6.79 Å². The molecule has 0 spiro atoms. The minimum Gasteiger partial charge on any atom is -0.454 e. The number of ketones is 1. The highest BCUT2D eigenvalue weighted by atomic mass is 16.7. The third kappa shape index (κ3) is 3.43. The van der Waals surface area contributed by atoms with Crippen molar-refractivity contribution in [3.63, 3.8) is 0 Å². The van der Waals surface area contributed by atoms with Crippen LogP contribution in [0, 0.1) is 11.3 Å². The molecule has 1 aliphatic rings. The Hall–Kier alpha value is -3.00. The number of nitrogens with zero attached hydrogens (tertiary/aromatic N) is 1. The minimum atomic E-state index is -0.208. The van der Waals surface area contributed by atoms with Crippen molar-refractivity contribution in [2.24, 2.45) is 0 Å². The Kier molecular flexibility index (Phi) is 4.37. The van der Waals surface area contributed by atoms with Gasteiger partial charge >= 0.3 is 0 Å². The Labute approximate surface area is 147 Å². The first kappa shape index (κ1) is 16.8. The number of hydrogen-bond donors (Lipinski definition) is 1. The third-order valence-electron chi connectivity index (χ3n) is 4.42. The first-order chi connectivity index (χ1) is 11.9. The molecule has 0 aromatic heterocycles. The van der Waals surface area contributed by atoms with Crippen molar-refractivity contribution in [1.29, 1.82) is 5.26 Å². The number of nitriles is 1. The van der Waals surface area contributed by atoms with E-state index in [0.29, 0.717) is 23.4 Å². The van der Waals surface area contributed by atoms with Gasteiger partial charge in [0.25, 0.3) is 0 Å². The van der Waals surface area contributed by atoms with Gasteiger partial charge in [-0.15, -0.1) is 0 Å². The number of benzene rings is 2. The quantitative estimate of drug-likeness (QED) is 0.839. The van der Waals surface area contributed by atoms with E-state index in [2.05, 4.69) is 25.2 Å². The van der Waals surface area contributed by atoms with E-state index in [1.165, 1.54) is 6.92 Å². The van der Waals surface area contributed by atoms with Gasteiger partial charge in [0.1, 0.15) is 6.07 Å². The van der Waals surface area contributed by atoms with Crippen LogP contribution in [0.3, 0.4) is 0 Å². The number of nitrogens with one attached hydrogen (secondary N) is 1. The van der Waals surface area contributed by atoms with Crippen LogP contribution in [0.2, 0.25) is 0 Å². The third-order valence-corrected chi connectivity index (χ3v) is 4.42. The molecule has 3 rings (SSSR count). The molecule has 5 nitrogen and oxygen atoms in total. The predicted molar refractivity (Wildman–Crippen MR) is 95.2 cm³/mol. The number of hydrogen-bond acceptors (Lipinski definition) is 5. The van der Waals surface area contributed by atoms with Crippen molar-refractivity contribution in [3.8, 4) is 17.6 Å². The zero-order valence-corrected chi connectivity index (χ0v) is 14.6. The minimum absolute atomic E-state index is 0.0254. The summed E-state index contributed by atoms with van der Waals surface area (Å²) in [4.78, 5) is 11.6. The second-order valence-corrected chi connectivity index (χ2v) is 6.73. The van der Waals surface area contributed by atoms with Crippen LogP contribution in [-0.4, -0.2) is 19.1 Å². The molecular formula is C20H20N2O3. The average molecular weight is 336 g/mol. The smallest absolute Gasteiger partial charge is 0.231 e. The molecule has 128 valence electrons. The second-order valence-electron chi connectivity index (χ2n) is 6.73. The summed E-state index contributed by atoms with van der Waals surface area (Å²) in [6.45, 7) is 6.59. The van der Waals surface area contributed by atoms with Crippen LogP contribution < -0.4 is 14.8 Å². The molecule has 0 amide bonds. The fourth-order valence-electron chi connectivity index (χ4n) is 2.74. The molecule has 0 aliphatic carbocycles. The van der Waals surface area contributed by atoms with Crippen molar-refractivity contribution in [3.05, 3.63) is 53.1 Å². The predicted octanol–water partition coefficient (Wildman–Crippen LogP) is 3.88. The number of carbonyl (C=O) groups excluding carboxylic acids is 1. The summed E-state index contributed by atoms with van der Waals surface area (Å²) >= 11 is 0. The maximum absolute atomic E-state index is 11.6. The van der Waals surface area contributed by atoms with Crippen LogP contribution in [0.5, 0.6) is 11.5 Å². The van der Waals surface area contributed by atoms with Gasteiger partial charge < -0.3 is 14.8 Å². The number of ether oxygens (including phenoxy) is 2. The molecule has 0 saturated carbocycles. The summed E-state index contributed by atoms with van der Waals surface area (Å²) in [6, 6.07) is 13.2. The summed E-state index contributed by atoms with van der Waals surface area (Å²) in [7, 11) is 0. The Balaban J connectivity index is 1.81. The van der Waals surface area contributed by atoms with Gasteiger partial charge in [-0.1, -0.05) is 19.9 Å². The highest BCUT2D eigenvalue weighted by Crippen LogP contribution is 2.36. The van der Waals surface area contributed by atoms with Crippen LogP contribution in [-0.2, 0) is 5.41 Å². The zero-order valence-electron chi connectivity index (χ0n) is 14.6. The Bertz CT molecular complexity index is 866. The van der Waals surface area contributed by atoms with E-state index in [1.54, 1.807) is 18.2 Å². The normalized spacial score (nSPS) is 12.6. The molecule has 1 heterocycles. The Morgan fingerprint density at radius 3 is 2.68 bits per heavy atom. The summed E-state index contributed by atoms with van der Waals surface area (Å²) < 4.78 is 10.8. The molecule has 0 unspecified atom stereocenters. The summed E-state index contributed by atoms with van der Waals surface area (Å²) in [5.41, 5.74) is 2.67. The standard InChI is InChI=1S/C20H20N2O3/c1-13(23)14-4-5-15(10-21)17(8-14)22-11-20(2,3)16-6-7-18-19(9-16)25-12-24-18/h4-9,22H,11-12H2,1-3H3. The first-order valence-electron chi connectivity index (χ1n) is 8.10. The molecule has 0 atom stereocenters. The molecule has 5 heteroatoms. The zero-order chi connectivity index (χ0) is 18.0. The molecule has 2 aromatic rings. The Morgan fingerprint density at radius 2 is 1.96 bits per heavy atom. The lowest BCUT2D eigenvalue weighted by atomic mass is 9.84. The molecule has 0 fully saturated rings. The molecule has 2 aromatic carbocycles. The average Bonchev–Trinajstić information content (AvgIpc) is 3.07. The number of anilines is 1. The first-order valence-corrected chi connectivity index (χ1v) is 8.10. The van der Waals surface area contributed by atoms with Gasteiger partial charge in [-0.05, 0) is 42.8 Å². The Morgan fingerprint density at radius 1 is 1.20 bits per heavy atom. The van der Waals surface area contributed by atoms with Crippen LogP contribution in [0.4, 0.5) is 5.69 Å². The number of carbonyl (C=O) groups is 1. The second kappa shape index (κ2) is 6.48. The number of rotatable bonds is 5. The van der Waals surface area contributed by atoms with Gasteiger partial charge in [0.05, 0.1) is 11.3 Å². The lowest BCUT2D eigenvalue weighted by Gasteiger charge is -2.27. The van der Waals surface area contributed by atoms with Gasteiger partial charge in [0, 0.05) is 17.5 Å². The fraction of sp³-hybridized carbons (Fsp3) is 0.300. The van der Waals surface area contributed by atoms with Crippen LogP contribution >= 0.6 is 0 Å². The van der Waals surface area contributed by atoms with E-state index in [4.69, 9.17) is 9.47 Å². The monoisotopic (exact) mass is 336 g/mol. The van der Waals surface area contributed by atoms with Crippen molar-refractivity contribution >= 4 is 11.5 Å². The van der Waals surface area contributed by atoms with Crippen molar-refractivity contribution in [2.45, 2.75) is 26.2 Å². The lowest BCUT2D eigenvalue weighted by molar-refractivity contribution is 0.101. The molecule has 0 saturated heterocycles. The molecule has 0 bridgehead atoms. The van der Waals surface area contributed by atoms with E-state index in [1.807, 2.05) is 18.2 Å². The summed E-state index contributed by atoms with van der Waals surface area (Å²) in [5.74, 6) is 1.48. The molecule has 0 radical (unpaired) electrons. The fourth-order valence-corrected chi connectivity index (χ4v) is 2.74. The molecule has 1 aliphatic heterocycles. The molecule has 25 heavy (non-hydrogen) atoms. The maximum Gasteiger partial charge on any atom is 0.231 e. The van der Waals surface area contributed by atoms with E-state index in [-0.39, 0.29) is 18.0 Å². The molecular weight excluding hydrogens is 316 g/mol. The maximum atomic E-state index is 11.6. The topological polar surface area (TPSA) is 71.4 Å². The van der Waals surface area contributed by atoms with E-state index < -0.39 is 0 Å². The van der Waals surface area contributed by atoms with Crippen molar-refractivity contribution in [1.82, 2.24) is 0 Å². The lowest BCUT2D eigenvalue weighted by Crippen LogP contribution is -2.28. The largest absolute Gasteiger partial charge is 0.454 e. The summed E-state index contributed by atoms with van der Waals surface area (Å²) in [5, 5.41) is 12.6. The van der Waals surface area contributed by atoms with E-state index >= 15 is 0 Å². The van der Waals surface area contributed by atoms with Crippen LogP contribution in [0.25, 0.3) is 0 Å². The molecule has 1 N–H and O–H groups in total. The van der Waals surface area contributed by atoms with Crippen LogP contribution in [0.15, 0.2) is 36.4 Å².